The van der Waals surface area contributed by atoms with Gasteiger partial charge < -0.3 is 5.11 Å². The summed E-state index contributed by atoms with van der Waals surface area (Å²) in [5.41, 5.74) is 4.06. The number of para-hydroxylation sites is 1. The molecule has 25 heavy (non-hydrogen) atoms. The first kappa shape index (κ1) is 17.4. The average molecular weight is 331 g/mol. The number of benzene rings is 2. The Balaban J connectivity index is 1.66. The summed E-state index contributed by atoms with van der Waals surface area (Å²) in [4.78, 5) is 4.65. The first-order chi connectivity index (χ1) is 12.3. The summed E-state index contributed by atoms with van der Waals surface area (Å²) >= 11 is 0. The summed E-state index contributed by atoms with van der Waals surface area (Å²) in [5.74, 6) is 0. The van der Waals surface area contributed by atoms with Crippen molar-refractivity contribution in [3.05, 3.63) is 77.5 Å². The lowest BCUT2D eigenvalue weighted by Crippen LogP contribution is -1.97. The normalized spacial score (nSPS) is 12.7. The largest absolute Gasteiger partial charge is 0.388 e. The third-order valence-corrected chi connectivity index (χ3v) is 4.47. The molecule has 0 aliphatic rings. The molecule has 1 aromatic heterocycles. The quantitative estimate of drug-likeness (QED) is 0.537. The van der Waals surface area contributed by atoms with E-state index in [-0.39, 0.29) is 6.10 Å². The van der Waals surface area contributed by atoms with Crippen LogP contribution in [0.15, 0.2) is 60.7 Å². The Morgan fingerprint density at radius 3 is 2.52 bits per heavy atom. The van der Waals surface area contributed by atoms with Crippen molar-refractivity contribution in [1.29, 1.82) is 0 Å². The van der Waals surface area contributed by atoms with E-state index in [1.807, 2.05) is 42.5 Å². The van der Waals surface area contributed by atoms with Crippen molar-refractivity contribution in [2.45, 2.75) is 38.7 Å². The molecule has 0 radical (unpaired) electrons. The molecule has 1 unspecified atom stereocenters. The van der Waals surface area contributed by atoms with Gasteiger partial charge in [-0.25, -0.2) is 4.98 Å². The fraction of sp³-hybridized carbons (Fsp3) is 0.261. The Hall–Kier alpha value is -2.45. The number of hydrogen-bond donors (Lipinski definition) is 1. The van der Waals surface area contributed by atoms with E-state index in [1.165, 1.54) is 12.8 Å². The third-order valence-electron chi connectivity index (χ3n) is 4.47. The molecule has 2 heteroatoms. The average Bonchev–Trinajstić information content (AvgIpc) is 2.66. The van der Waals surface area contributed by atoms with Crippen LogP contribution in [-0.4, -0.2) is 10.1 Å². The van der Waals surface area contributed by atoms with Crippen molar-refractivity contribution >= 4 is 23.1 Å². The van der Waals surface area contributed by atoms with E-state index in [0.717, 1.165) is 40.6 Å². The lowest BCUT2D eigenvalue weighted by atomic mass is 10.0. The molecule has 1 atom stereocenters. The zero-order valence-electron chi connectivity index (χ0n) is 14.7. The number of pyridine rings is 1. The van der Waals surface area contributed by atoms with Gasteiger partial charge in [0.15, 0.2) is 0 Å². The molecule has 1 heterocycles. The summed E-state index contributed by atoms with van der Waals surface area (Å²) in [6, 6.07) is 20.4. The van der Waals surface area contributed by atoms with Gasteiger partial charge in [-0.1, -0.05) is 80.8 Å². The standard InChI is InChI=1S/C23H25NO/c1-2-3-4-9-23(25)20-13-10-18(11-14-20)12-16-21-17-15-19-7-5-6-8-22(19)24-21/h5-8,10-17,23,25H,2-4,9H2,1H3/b16-12+. The van der Waals surface area contributed by atoms with E-state index in [0.29, 0.717) is 0 Å². The van der Waals surface area contributed by atoms with Crippen LogP contribution < -0.4 is 0 Å². The molecule has 0 aliphatic carbocycles. The van der Waals surface area contributed by atoms with Crippen LogP contribution in [-0.2, 0) is 0 Å². The van der Waals surface area contributed by atoms with E-state index >= 15 is 0 Å². The smallest absolute Gasteiger partial charge is 0.0790 e. The monoisotopic (exact) mass is 331 g/mol. The Labute approximate surface area is 149 Å². The van der Waals surface area contributed by atoms with Gasteiger partial charge in [0.2, 0.25) is 0 Å². The van der Waals surface area contributed by atoms with Crippen molar-refractivity contribution in [3.8, 4) is 0 Å². The zero-order chi connectivity index (χ0) is 17.5. The number of rotatable bonds is 7. The number of hydrogen-bond acceptors (Lipinski definition) is 2. The van der Waals surface area contributed by atoms with Gasteiger partial charge in [0, 0.05) is 5.39 Å². The van der Waals surface area contributed by atoms with Gasteiger partial charge in [-0.2, -0.15) is 0 Å². The summed E-state index contributed by atoms with van der Waals surface area (Å²) in [6.07, 6.45) is 8.00. The van der Waals surface area contributed by atoms with Crippen LogP contribution in [0.1, 0.15) is 55.5 Å². The van der Waals surface area contributed by atoms with E-state index in [1.54, 1.807) is 0 Å². The third kappa shape index (κ3) is 4.77. The molecule has 0 fully saturated rings. The molecule has 0 aliphatic heterocycles. The first-order valence-electron chi connectivity index (χ1n) is 9.08. The van der Waals surface area contributed by atoms with Gasteiger partial charge in [0.05, 0.1) is 17.3 Å². The second-order valence-electron chi connectivity index (χ2n) is 6.44. The van der Waals surface area contributed by atoms with E-state index < -0.39 is 0 Å². The maximum atomic E-state index is 10.2. The number of aliphatic hydroxyl groups is 1. The van der Waals surface area contributed by atoms with Gasteiger partial charge >= 0.3 is 0 Å². The topological polar surface area (TPSA) is 33.1 Å². The van der Waals surface area contributed by atoms with Crippen LogP contribution in [0.4, 0.5) is 0 Å². The predicted molar refractivity (Wildman–Crippen MR) is 106 cm³/mol. The number of unbranched alkanes of at least 4 members (excludes halogenated alkanes) is 2. The molecule has 1 N–H and O–H groups in total. The highest BCUT2D eigenvalue weighted by atomic mass is 16.3. The Morgan fingerprint density at radius 2 is 1.72 bits per heavy atom. The molecular formula is C23H25NO. The summed E-state index contributed by atoms with van der Waals surface area (Å²) in [5, 5.41) is 11.4. The van der Waals surface area contributed by atoms with Gasteiger partial charge in [0.25, 0.3) is 0 Å². The van der Waals surface area contributed by atoms with Crippen LogP contribution in [0, 0.1) is 0 Å². The molecule has 2 aromatic carbocycles. The molecule has 0 saturated heterocycles. The Morgan fingerprint density at radius 1 is 0.920 bits per heavy atom. The SMILES string of the molecule is CCCCCC(O)c1ccc(/C=C/c2ccc3ccccc3n2)cc1. The van der Waals surface area contributed by atoms with Gasteiger partial charge in [-0.15, -0.1) is 0 Å². The first-order valence-corrected chi connectivity index (χ1v) is 9.08. The minimum atomic E-state index is -0.355. The van der Waals surface area contributed by atoms with Crippen LogP contribution in [0.2, 0.25) is 0 Å². The number of aliphatic hydroxyl groups excluding tert-OH is 1. The zero-order valence-corrected chi connectivity index (χ0v) is 14.7. The second-order valence-corrected chi connectivity index (χ2v) is 6.44. The fourth-order valence-electron chi connectivity index (χ4n) is 2.94. The van der Waals surface area contributed by atoms with Crippen LogP contribution in [0.25, 0.3) is 23.1 Å². The predicted octanol–water partition coefficient (Wildman–Crippen LogP) is 6.02. The highest BCUT2D eigenvalue weighted by molar-refractivity contribution is 5.80. The van der Waals surface area contributed by atoms with Crippen LogP contribution >= 0.6 is 0 Å². The summed E-state index contributed by atoms with van der Waals surface area (Å²) in [6.45, 7) is 2.18. The highest BCUT2D eigenvalue weighted by Crippen LogP contribution is 2.21. The van der Waals surface area contributed by atoms with Crippen LogP contribution in [0.3, 0.4) is 0 Å². The maximum absolute atomic E-state index is 10.2. The van der Waals surface area contributed by atoms with Crippen molar-refractivity contribution in [2.24, 2.45) is 0 Å². The lowest BCUT2D eigenvalue weighted by molar-refractivity contribution is 0.163. The van der Waals surface area contributed by atoms with Crippen LogP contribution in [0.5, 0.6) is 0 Å². The lowest BCUT2D eigenvalue weighted by Gasteiger charge is -2.10. The summed E-state index contributed by atoms with van der Waals surface area (Å²) < 4.78 is 0. The number of aromatic nitrogens is 1. The number of fused-ring (bicyclic) bond motifs is 1. The second kappa shape index (κ2) is 8.59. The van der Waals surface area contributed by atoms with Gasteiger partial charge in [-0.05, 0) is 35.8 Å². The Bertz CT molecular complexity index is 836. The molecule has 3 rings (SSSR count). The highest BCUT2D eigenvalue weighted by Gasteiger charge is 2.06. The van der Waals surface area contributed by atoms with E-state index in [2.05, 4.69) is 42.2 Å². The van der Waals surface area contributed by atoms with Gasteiger partial charge in [-0.3, -0.25) is 0 Å². The molecule has 0 bridgehead atoms. The maximum Gasteiger partial charge on any atom is 0.0790 e. The van der Waals surface area contributed by atoms with Crippen molar-refractivity contribution in [2.75, 3.05) is 0 Å². The molecule has 3 aromatic rings. The molecular weight excluding hydrogens is 306 g/mol. The van der Waals surface area contributed by atoms with Crippen molar-refractivity contribution in [3.63, 3.8) is 0 Å². The van der Waals surface area contributed by atoms with Crippen molar-refractivity contribution in [1.82, 2.24) is 4.98 Å². The molecule has 128 valence electrons. The van der Waals surface area contributed by atoms with E-state index in [9.17, 15) is 5.11 Å². The molecule has 0 spiro atoms. The Kier molecular flexibility index (Phi) is 5.97. The van der Waals surface area contributed by atoms with E-state index in [4.69, 9.17) is 0 Å². The summed E-state index contributed by atoms with van der Waals surface area (Å²) in [7, 11) is 0. The minimum Gasteiger partial charge on any atom is -0.388 e. The molecule has 0 saturated carbocycles. The van der Waals surface area contributed by atoms with Crippen molar-refractivity contribution < 1.29 is 5.11 Å². The molecule has 2 nitrogen and oxygen atoms in total. The number of nitrogens with zero attached hydrogens (tertiary/aromatic N) is 1. The minimum absolute atomic E-state index is 0.355. The fourth-order valence-corrected chi connectivity index (χ4v) is 2.94. The molecule has 0 amide bonds. The van der Waals surface area contributed by atoms with Gasteiger partial charge in [0.1, 0.15) is 0 Å².